The molecule has 0 saturated heterocycles. The molecule has 21 heavy (non-hydrogen) atoms. The molecular formula is C17H23N3O. The third-order valence-electron chi connectivity index (χ3n) is 3.52. The molecule has 0 spiro atoms. The number of carbonyl (C=O) groups excluding carboxylic acids is 1. The minimum Gasteiger partial charge on any atom is -0.350 e. The Morgan fingerprint density at radius 2 is 2.05 bits per heavy atom. The standard InChI is InChI=1S/C17H23N3O/c1-3-4-5-7-14(2)19-17(21)15-8-10-16(11-9-15)20-13-6-12-18-20/h6,8-14H,3-5,7H2,1-2H3,(H,19,21). The molecule has 0 aliphatic rings. The second-order valence-electron chi connectivity index (χ2n) is 5.37. The van der Waals surface area contributed by atoms with Crippen LogP contribution in [0, 0.1) is 0 Å². The van der Waals surface area contributed by atoms with E-state index in [0.717, 1.165) is 18.5 Å². The van der Waals surface area contributed by atoms with Crippen LogP contribution >= 0.6 is 0 Å². The molecule has 1 N–H and O–H groups in total. The molecule has 2 rings (SSSR count). The Bertz CT molecular complexity index is 546. The van der Waals surface area contributed by atoms with E-state index in [4.69, 9.17) is 0 Å². The molecule has 112 valence electrons. The van der Waals surface area contributed by atoms with Crippen LogP contribution in [0.3, 0.4) is 0 Å². The van der Waals surface area contributed by atoms with Gasteiger partial charge in [0.2, 0.25) is 0 Å². The molecule has 0 fully saturated rings. The number of hydrogen-bond donors (Lipinski definition) is 1. The molecule has 4 nitrogen and oxygen atoms in total. The van der Waals surface area contributed by atoms with Gasteiger partial charge in [0.05, 0.1) is 5.69 Å². The van der Waals surface area contributed by atoms with Gasteiger partial charge in [-0.3, -0.25) is 4.79 Å². The second kappa shape index (κ2) is 7.62. The van der Waals surface area contributed by atoms with Crippen LogP contribution in [0.15, 0.2) is 42.7 Å². The van der Waals surface area contributed by atoms with E-state index in [1.165, 1.54) is 12.8 Å². The first-order chi connectivity index (χ1) is 10.2. The molecule has 1 unspecified atom stereocenters. The van der Waals surface area contributed by atoms with E-state index >= 15 is 0 Å². The van der Waals surface area contributed by atoms with Crippen molar-refractivity contribution >= 4 is 5.91 Å². The van der Waals surface area contributed by atoms with Crippen molar-refractivity contribution < 1.29 is 4.79 Å². The highest BCUT2D eigenvalue weighted by atomic mass is 16.1. The van der Waals surface area contributed by atoms with E-state index in [0.29, 0.717) is 5.56 Å². The fourth-order valence-electron chi connectivity index (χ4n) is 2.27. The van der Waals surface area contributed by atoms with Crippen molar-refractivity contribution in [3.63, 3.8) is 0 Å². The predicted octanol–water partition coefficient (Wildman–Crippen LogP) is 3.57. The van der Waals surface area contributed by atoms with Crippen LogP contribution in [0.5, 0.6) is 0 Å². The lowest BCUT2D eigenvalue weighted by atomic mass is 10.1. The fourth-order valence-corrected chi connectivity index (χ4v) is 2.27. The number of rotatable bonds is 7. The third kappa shape index (κ3) is 4.45. The Hall–Kier alpha value is -2.10. The highest BCUT2D eigenvalue weighted by molar-refractivity contribution is 5.94. The Morgan fingerprint density at radius 1 is 1.29 bits per heavy atom. The normalized spacial score (nSPS) is 12.1. The number of nitrogens with one attached hydrogen (secondary N) is 1. The molecule has 1 aromatic heterocycles. The summed E-state index contributed by atoms with van der Waals surface area (Å²) in [7, 11) is 0. The molecule has 1 atom stereocenters. The highest BCUT2D eigenvalue weighted by Gasteiger charge is 2.09. The predicted molar refractivity (Wildman–Crippen MR) is 84.6 cm³/mol. The van der Waals surface area contributed by atoms with Crippen LogP contribution in [0.2, 0.25) is 0 Å². The average Bonchev–Trinajstić information content (AvgIpc) is 3.02. The Labute approximate surface area is 126 Å². The fraction of sp³-hybridized carbons (Fsp3) is 0.412. The maximum absolute atomic E-state index is 12.2. The van der Waals surface area contributed by atoms with E-state index in [-0.39, 0.29) is 11.9 Å². The van der Waals surface area contributed by atoms with Crippen molar-refractivity contribution in [1.29, 1.82) is 0 Å². The van der Waals surface area contributed by atoms with Crippen molar-refractivity contribution in [2.45, 2.75) is 45.6 Å². The summed E-state index contributed by atoms with van der Waals surface area (Å²) in [4.78, 5) is 12.2. The minimum atomic E-state index is -0.00832. The smallest absolute Gasteiger partial charge is 0.251 e. The molecular weight excluding hydrogens is 262 g/mol. The zero-order valence-electron chi connectivity index (χ0n) is 12.7. The molecule has 4 heteroatoms. The Morgan fingerprint density at radius 3 is 2.67 bits per heavy atom. The summed E-state index contributed by atoms with van der Waals surface area (Å²) in [5, 5.41) is 7.22. The average molecular weight is 285 g/mol. The summed E-state index contributed by atoms with van der Waals surface area (Å²) in [5.74, 6) is -0.00832. The van der Waals surface area contributed by atoms with Crippen LogP contribution in [0.1, 0.15) is 49.9 Å². The van der Waals surface area contributed by atoms with Crippen LogP contribution in [0.4, 0.5) is 0 Å². The van der Waals surface area contributed by atoms with Crippen LogP contribution in [0.25, 0.3) is 5.69 Å². The van der Waals surface area contributed by atoms with Crippen molar-refractivity contribution in [1.82, 2.24) is 15.1 Å². The first-order valence-corrected chi connectivity index (χ1v) is 7.61. The zero-order chi connectivity index (χ0) is 15.1. The quantitative estimate of drug-likeness (QED) is 0.790. The highest BCUT2D eigenvalue weighted by Crippen LogP contribution is 2.09. The first kappa shape index (κ1) is 15.3. The van der Waals surface area contributed by atoms with Crippen LogP contribution < -0.4 is 5.32 Å². The van der Waals surface area contributed by atoms with Gasteiger partial charge < -0.3 is 5.32 Å². The lowest BCUT2D eigenvalue weighted by Crippen LogP contribution is -2.32. The lowest BCUT2D eigenvalue weighted by molar-refractivity contribution is 0.0938. The molecule has 1 amide bonds. The maximum Gasteiger partial charge on any atom is 0.251 e. The van der Waals surface area contributed by atoms with E-state index in [9.17, 15) is 4.79 Å². The van der Waals surface area contributed by atoms with Gasteiger partial charge >= 0.3 is 0 Å². The number of hydrogen-bond acceptors (Lipinski definition) is 2. The number of aromatic nitrogens is 2. The molecule has 0 aliphatic carbocycles. The van der Waals surface area contributed by atoms with Crippen LogP contribution in [-0.4, -0.2) is 21.7 Å². The van der Waals surface area contributed by atoms with E-state index in [2.05, 4.69) is 24.3 Å². The summed E-state index contributed by atoms with van der Waals surface area (Å²) < 4.78 is 1.77. The van der Waals surface area contributed by atoms with Crippen LogP contribution in [-0.2, 0) is 0 Å². The SMILES string of the molecule is CCCCCC(C)NC(=O)c1ccc(-n2cccn2)cc1. The van der Waals surface area contributed by atoms with Gasteiger partial charge in [-0.2, -0.15) is 5.10 Å². The zero-order valence-corrected chi connectivity index (χ0v) is 12.7. The van der Waals surface area contributed by atoms with E-state index in [1.807, 2.05) is 36.5 Å². The maximum atomic E-state index is 12.2. The topological polar surface area (TPSA) is 46.9 Å². The first-order valence-electron chi connectivity index (χ1n) is 7.61. The summed E-state index contributed by atoms with van der Waals surface area (Å²) in [6, 6.07) is 9.58. The van der Waals surface area contributed by atoms with Crippen molar-refractivity contribution in [3.8, 4) is 5.69 Å². The van der Waals surface area contributed by atoms with Crippen molar-refractivity contribution in [2.24, 2.45) is 0 Å². The van der Waals surface area contributed by atoms with Crippen molar-refractivity contribution in [3.05, 3.63) is 48.3 Å². The Balaban J connectivity index is 1.91. The lowest BCUT2D eigenvalue weighted by Gasteiger charge is -2.13. The minimum absolute atomic E-state index is 0.00832. The number of carbonyl (C=O) groups is 1. The molecule has 0 radical (unpaired) electrons. The van der Waals surface area contributed by atoms with Crippen molar-refractivity contribution in [2.75, 3.05) is 0 Å². The van der Waals surface area contributed by atoms with Gasteiger partial charge in [0.1, 0.15) is 0 Å². The summed E-state index contributed by atoms with van der Waals surface area (Å²) in [5.41, 5.74) is 1.64. The van der Waals surface area contributed by atoms with E-state index < -0.39 is 0 Å². The molecule has 0 bridgehead atoms. The molecule has 1 aromatic carbocycles. The monoisotopic (exact) mass is 285 g/mol. The number of benzene rings is 1. The molecule has 2 aromatic rings. The number of nitrogens with zero attached hydrogens (tertiary/aromatic N) is 2. The van der Waals surface area contributed by atoms with Gasteiger partial charge in [0.15, 0.2) is 0 Å². The summed E-state index contributed by atoms with van der Waals surface area (Å²) in [6.45, 7) is 4.25. The molecule has 0 aliphatic heterocycles. The number of amides is 1. The van der Waals surface area contributed by atoms with Gasteiger partial charge in [-0.15, -0.1) is 0 Å². The van der Waals surface area contributed by atoms with Gasteiger partial charge in [-0.25, -0.2) is 4.68 Å². The largest absolute Gasteiger partial charge is 0.350 e. The Kier molecular flexibility index (Phi) is 5.55. The second-order valence-corrected chi connectivity index (χ2v) is 5.37. The summed E-state index contributed by atoms with van der Waals surface area (Å²) >= 11 is 0. The molecule has 1 heterocycles. The number of unbranched alkanes of at least 4 members (excludes halogenated alkanes) is 2. The van der Waals surface area contributed by atoms with E-state index in [1.54, 1.807) is 10.9 Å². The third-order valence-corrected chi connectivity index (χ3v) is 3.52. The van der Waals surface area contributed by atoms with Gasteiger partial charge in [0.25, 0.3) is 5.91 Å². The molecule has 0 saturated carbocycles. The summed E-state index contributed by atoms with van der Waals surface area (Å²) in [6.07, 6.45) is 8.24. The van der Waals surface area contributed by atoms with Gasteiger partial charge in [0, 0.05) is 24.0 Å². The van der Waals surface area contributed by atoms with Gasteiger partial charge in [-0.05, 0) is 43.7 Å². The van der Waals surface area contributed by atoms with Gasteiger partial charge in [-0.1, -0.05) is 26.2 Å².